The fraction of sp³-hybridized carbons (Fsp3) is 0.0435. The van der Waals surface area contributed by atoms with E-state index in [9.17, 15) is 4.79 Å². The molecule has 0 radical (unpaired) electrons. The highest BCUT2D eigenvalue weighted by Crippen LogP contribution is 2.21. The number of halogens is 1. The molecule has 1 amide bonds. The molecule has 5 heteroatoms. The van der Waals surface area contributed by atoms with Crippen LogP contribution in [0.15, 0.2) is 94.6 Å². The van der Waals surface area contributed by atoms with E-state index in [1.807, 2.05) is 48.5 Å². The molecule has 0 unspecified atom stereocenters. The van der Waals surface area contributed by atoms with Crippen molar-refractivity contribution in [2.45, 2.75) is 6.54 Å². The van der Waals surface area contributed by atoms with Gasteiger partial charge in [0, 0.05) is 33.7 Å². The number of amides is 1. The summed E-state index contributed by atoms with van der Waals surface area (Å²) in [7, 11) is 0. The molecule has 0 spiro atoms. The van der Waals surface area contributed by atoms with Gasteiger partial charge in [0.05, 0.1) is 11.8 Å². The summed E-state index contributed by atoms with van der Waals surface area (Å²) >= 11 is 3.39. The van der Waals surface area contributed by atoms with E-state index in [0.29, 0.717) is 5.56 Å². The molecule has 4 aromatic rings. The number of rotatable bonds is 5. The lowest BCUT2D eigenvalue weighted by molar-refractivity contribution is 0.0954. The summed E-state index contributed by atoms with van der Waals surface area (Å²) in [6.45, 7) is 0.776. The Labute approximate surface area is 171 Å². The van der Waals surface area contributed by atoms with Crippen LogP contribution in [0, 0.1) is 0 Å². The monoisotopic (exact) mass is 431 g/mol. The maximum atomic E-state index is 12.3. The van der Waals surface area contributed by atoms with E-state index in [4.69, 9.17) is 0 Å². The van der Waals surface area contributed by atoms with Crippen molar-refractivity contribution >= 4 is 39.0 Å². The Morgan fingerprint density at radius 1 is 0.964 bits per heavy atom. The average Bonchev–Trinajstić information content (AvgIpc) is 3.07. The molecule has 0 saturated heterocycles. The number of carbonyl (C=O) groups excluding carboxylic acids is 1. The molecule has 0 aliphatic carbocycles. The molecule has 4 nitrogen and oxygen atoms in total. The van der Waals surface area contributed by atoms with Gasteiger partial charge in [-0.15, -0.1) is 0 Å². The van der Waals surface area contributed by atoms with Crippen molar-refractivity contribution in [3.05, 3.63) is 106 Å². The molecule has 1 N–H and O–H groups in total. The Balaban J connectivity index is 1.58. The van der Waals surface area contributed by atoms with E-state index in [-0.39, 0.29) is 5.91 Å². The Morgan fingerprint density at radius 3 is 2.50 bits per heavy atom. The van der Waals surface area contributed by atoms with E-state index in [1.54, 1.807) is 12.3 Å². The van der Waals surface area contributed by atoms with Crippen LogP contribution >= 0.6 is 15.9 Å². The minimum Gasteiger partial charge on any atom is -0.342 e. The van der Waals surface area contributed by atoms with Gasteiger partial charge in [0.25, 0.3) is 5.91 Å². The van der Waals surface area contributed by atoms with E-state index in [0.717, 1.165) is 27.5 Å². The summed E-state index contributed by atoms with van der Waals surface area (Å²) in [5, 5.41) is 5.27. The molecule has 138 valence electrons. The molecule has 0 aliphatic rings. The first-order chi connectivity index (χ1) is 13.7. The maximum Gasteiger partial charge on any atom is 0.272 e. The molecular weight excluding hydrogens is 414 g/mol. The van der Waals surface area contributed by atoms with Crippen molar-refractivity contribution in [2.24, 2.45) is 5.10 Å². The van der Waals surface area contributed by atoms with Crippen molar-refractivity contribution in [3.63, 3.8) is 0 Å². The standard InChI is InChI=1S/C23H18BrN3O/c24-21-12-6-4-11-20(21)23(28)26-25-14-18-16-27(15-17-8-2-1-3-9-17)22-13-7-5-10-19(18)22/h1-14,16H,15H2,(H,26,28)/b25-14-. The van der Waals surface area contributed by atoms with Gasteiger partial charge in [0.15, 0.2) is 0 Å². The van der Waals surface area contributed by atoms with Crippen LogP contribution in [0.5, 0.6) is 0 Å². The Morgan fingerprint density at radius 2 is 1.68 bits per heavy atom. The number of carbonyl (C=O) groups is 1. The molecule has 1 heterocycles. The molecule has 0 saturated carbocycles. The van der Waals surface area contributed by atoms with Crippen molar-refractivity contribution < 1.29 is 4.79 Å². The van der Waals surface area contributed by atoms with Crippen molar-refractivity contribution in [1.82, 2.24) is 9.99 Å². The Hall–Kier alpha value is -3.18. The largest absolute Gasteiger partial charge is 0.342 e. The number of aromatic nitrogens is 1. The first-order valence-electron chi connectivity index (χ1n) is 8.92. The molecule has 0 atom stereocenters. The third-order valence-corrected chi connectivity index (χ3v) is 5.19. The molecule has 4 rings (SSSR count). The summed E-state index contributed by atoms with van der Waals surface area (Å²) in [5.41, 5.74) is 6.47. The smallest absolute Gasteiger partial charge is 0.272 e. The highest BCUT2D eigenvalue weighted by molar-refractivity contribution is 9.10. The second-order valence-corrected chi connectivity index (χ2v) is 7.25. The highest BCUT2D eigenvalue weighted by atomic mass is 79.9. The minimum atomic E-state index is -0.253. The van der Waals surface area contributed by atoms with Crippen LogP contribution in [-0.4, -0.2) is 16.7 Å². The molecule has 0 fully saturated rings. The van der Waals surface area contributed by atoms with Crippen molar-refractivity contribution in [3.8, 4) is 0 Å². The molecule has 3 aromatic carbocycles. The van der Waals surface area contributed by atoms with Gasteiger partial charge in [0.2, 0.25) is 0 Å². The second kappa shape index (κ2) is 8.23. The summed E-state index contributed by atoms with van der Waals surface area (Å²) in [6, 6.07) is 25.8. The van der Waals surface area contributed by atoms with E-state index in [2.05, 4.69) is 61.5 Å². The quantitative estimate of drug-likeness (QED) is 0.341. The molecule has 1 aromatic heterocycles. The van der Waals surface area contributed by atoms with Crippen LogP contribution in [-0.2, 0) is 6.54 Å². The lowest BCUT2D eigenvalue weighted by Gasteiger charge is -2.05. The topological polar surface area (TPSA) is 46.4 Å². The summed E-state index contributed by atoms with van der Waals surface area (Å²) in [6.07, 6.45) is 3.75. The van der Waals surface area contributed by atoms with Gasteiger partial charge in [0.1, 0.15) is 0 Å². The lowest BCUT2D eigenvalue weighted by atomic mass is 10.2. The summed E-state index contributed by atoms with van der Waals surface area (Å²) in [4.78, 5) is 12.3. The predicted octanol–water partition coefficient (Wildman–Crippen LogP) is 5.22. The van der Waals surface area contributed by atoms with E-state index in [1.165, 1.54) is 5.56 Å². The average molecular weight is 432 g/mol. The fourth-order valence-corrected chi connectivity index (χ4v) is 3.62. The summed E-state index contributed by atoms with van der Waals surface area (Å²) < 4.78 is 2.93. The number of nitrogens with one attached hydrogen (secondary N) is 1. The number of benzene rings is 3. The van der Waals surface area contributed by atoms with E-state index >= 15 is 0 Å². The summed E-state index contributed by atoms with van der Waals surface area (Å²) in [5.74, 6) is -0.253. The predicted molar refractivity (Wildman–Crippen MR) is 117 cm³/mol. The maximum absolute atomic E-state index is 12.3. The number of hydrogen-bond acceptors (Lipinski definition) is 2. The van der Waals surface area contributed by atoms with Crippen LogP contribution in [0.2, 0.25) is 0 Å². The fourth-order valence-electron chi connectivity index (χ4n) is 3.16. The van der Waals surface area contributed by atoms with Crippen LogP contribution in [0.1, 0.15) is 21.5 Å². The third-order valence-electron chi connectivity index (χ3n) is 4.50. The SMILES string of the molecule is O=C(N/N=C\c1cn(Cc2ccccc2)c2ccccc12)c1ccccc1Br. The minimum absolute atomic E-state index is 0.253. The van der Waals surface area contributed by atoms with Crippen LogP contribution in [0.3, 0.4) is 0 Å². The number of fused-ring (bicyclic) bond motifs is 1. The third kappa shape index (κ3) is 3.89. The zero-order valence-electron chi connectivity index (χ0n) is 15.0. The first-order valence-corrected chi connectivity index (χ1v) is 9.71. The molecule has 0 bridgehead atoms. The van der Waals surface area contributed by atoms with Crippen LogP contribution in [0.4, 0.5) is 0 Å². The Kier molecular flexibility index (Phi) is 5.35. The first kappa shape index (κ1) is 18.2. The van der Waals surface area contributed by atoms with E-state index < -0.39 is 0 Å². The lowest BCUT2D eigenvalue weighted by Crippen LogP contribution is -2.18. The van der Waals surface area contributed by atoms with Gasteiger partial charge < -0.3 is 4.57 Å². The number of para-hydroxylation sites is 1. The zero-order valence-corrected chi connectivity index (χ0v) is 16.6. The van der Waals surface area contributed by atoms with Crippen molar-refractivity contribution in [1.29, 1.82) is 0 Å². The molecule has 28 heavy (non-hydrogen) atoms. The van der Waals surface area contributed by atoms with Gasteiger partial charge in [-0.1, -0.05) is 60.7 Å². The van der Waals surface area contributed by atoms with Gasteiger partial charge in [-0.25, -0.2) is 5.43 Å². The molecular formula is C23H18BrN3O. The number of nitrogens with zero attached hydrogens (tertiary/aromatic N) is 2. The Bertz CT molecular complexity index is 1150. The number of hydrazone groups is 1. The van der Waals surface area contributed by atoms with Gasteiger partial charge in [-0.3, -0.25) is 4.79 Å². The van der Waals surface area contributed by atoms with Gasteiger partial charge in [-0.2, -0.15) is 5.10 Å². The van der Waals surface area contributed by atoms with Gasteiger partial charge >= 0.3 is 0 Å². The number of hydrogen-bond donors (Lipinski definition) is 1. The highest BCUT2D eigenvalue weighted by Gasteiger charge is 2.09. The van der Waals surface area contributed by atoms with Gasteiger partial charge in [-0.05, 0) is 39.7 Å². The normalized spacial score (nSPS) is 11.2. The molecule has 0 aliphatic heterocycles. The zero-order chi connectivity index (χ0) is 19.3. The van der Waals surface area contributed by atoms with Crippen LogP contribution < -0.4 is 5.43 Å². The van der Waals surface area contributed by atoms with Crippen molar-refractivity contribution in [2.75, 3.05) is 0 Å². The van der Waals surface area contributed by atoms with Crippen LogP contribution in [0.25, 0.3) is 10.9 Å². The second-order valence-electron chi connectivity index (χ2n) is 6.39.